The summed E-state index contributed by atoms with van der Waals surface area (Å²) in [6, 6.07) is 10.8. The van der Waals surface area contributed by atoms with Crippen LogP contribution in [0.1, 0.15) is 10.6 Å². The van der Waals surface area contributed by atoms with E-state index in [9.17, 15) is 12.8 Å². The highest BCUT2D eigenvalue weighted by atomic mass is 32.2. The van der Waals surface area contributed by atoms with Gasteiger partial charge in [-0.25, -0.2) is 17.8 Å². The van der Waals surface area contributed by atoms with Gasteiger partial charge < -0.3 is 0 Å². The third-order valence-corrected chi connectivity index (χ3v) is 5.79. The minimum atomic E-state index is -3.90. The molecule has 0 radical (unpaired) electrons. The number of benzene rings is 2. The molecule has 0 unspecified atom stereocenters. The van der Waals surface area contributed by atoms with Crippen LogP contribution in [0.3, 0.4) is 0 Å². The van der Waals surface area contributed by atoms with E-state index in [0.29, 0.717) is 11.1 Å². The molecule has 3 rings (SSSR count). The molecule has 0 amide bonds. The number of hydrogen-bond acceptors (Lipinski definition) is 4. The average Bonchev–Trinajstić information content (AvgIpc) is 2.96. The van der Waals surface area contributed by atoms with Crippen molar-refractivity contribution in [3.8, 4) is 11.3 Å². The minimum Gasteiger partial charge on any atom is -0.277 e. The number of hydrogen-bond donors (Lipinski definition) is 1. The Labute approximate surface area is 144 Å². The van der Waals surface area contributed by atoms with E-state index < -0.39 is 15.8 Å². The van der Waals surface area contributed by atoms with Gasteiger partial charge in [-0.15, -0.1) is 11.3 Å². The summed E-state index contributed by atoms with van der Waals surface area (Å²) in [5.74, 6) is -0.620. The van der Waals surface area contributed by atoms with E-state index in [0.717, 1.165) is 10.7 Å². The van der Waals surface area contributed by atoms with Crippen LogP contribution in [0, 0.1) is 19.7 Å². The van der Waals surface area contributed by atoms with Gasteiger partial charge in [0, 0.05) is 10.9 Å². The second-order valence-electron chi connectivity index (χ2n) is 5.32. The maximum absolute atomic E-state index is 13.7. The summed E-state index contributed by atoms with van der Waals surface area (Å²) in [7, 11) is -3.90. The first-order valence-corrected chi connectivity index (χ1v) is 9.53. The summed E-state index contributed by atoms with van der Waals surface area (Å²) in [5.41, 5.74) is 1.93. The van der Waals surface area contributed by atoms with Crippen LogP contribution >= 0.6 is 11.3 Å². The van der Waals surface area contributed by atoms with Crippen molar-refractivity contribution in [2.45, 2.75) is 18.7 Å². The SMILES string of the molecule is Cc1nc(-c2ccc(C)c(S(=O)(=O)Nc3ccccc3F)c2)cs1. The van der Waals surface area contributed by atoms with Gasteiger partial charge in [0.15, 0.2) is 0 Å². The second kappa shape index (κ2) is 6.33. The predicted molar refractivity (Wildman–Crippen MR) is 94.2 cm³/mol. The maximum atomic E-state index is 13.7. The lowest BCUT2D eigenvalue weighted by atomic mass is 10.1. The lowest BCUT2D eigenvalue weighted by molar-refractivity contribution is 0.598. The summed E-state index contributed by atoms with van der Waals surface area (Å²) in [5, 5.41) is 2.78. The van der Waals surface area contributed by atoms with Crippen LogP contribution in [0.5, 0.6) is 0 Å². The molecule has 4 nitrogen and oxygen atoms in total. The highest BCUT2D eigenvalue weighted by molar-refractivity contribution is 7.92. The van der Waals surface area contributed by atoms with Gasteiger partial charge in [-0.3, -0.25) is 4.72 Å². The Morgan fingerprint density at radius 2 is 1.88 bits per heavy atom. The third kappa shape index (κ3) is 3.32. The highest BCUT2D eigenvalue weighted by Crippen LogP contribution is 2.27. The Kier molecular flexibility index (Phi) is 4.38. The first kappa shape index (κ1) is 16.6. The van der Waals surface area contributed by atoms with Gasteiger partial charge in [0.1, 0.15) is 5.82 Å². The van der Waals surface area contributed by atoms with E-state index in [1.807, 2.05) is 18.4 Å². The van der Waals surface area contributed by atoms with E-state index in [-0.39, 0.29) is 10.6 Å². The molecule has 1 N–H and O–H groups in total. The molecule has 0 atom stereocenters. The zero-order valence-corrected chi connectivity index (χ0v) is 14.7. The minimum absolute atomic E-state index is 0.0770. The van der Waals surface area contributed by atoms with E-state index in [1.54, 1.807) is 25.1 Å². The Bertz CT molecular complexity index is 997. The zero-order valence-electron chi connectivity index (χ0n) is 13.1. The molecular weight excluding hydrogens is 347 g/mol. The van der Waals surface area contributed by atoms with Crippen molar-refractivity contribution in [1.82, 2.24) is 4.98 Å². The van der Waals surface area contributed by atoms with E-state index in [4.69, 9.17) is 0 Å². The molecule has 0 fully saturated rings. The number of sulfonamides is 1. The van der Waals surface area contributed by atoms with Crippen LogP contribution in [-0.2, 0) is 10.0 Å². The van der Waals surface area contributed by atoms with Crippen LogP contribution in [-0.4, -0.2) is 13.4 Å². The lowest BCUT2D eigenvalue weighted by Crippen LogP contribution is -2.15. The first-order chi connectivity index (χ1) is 11.4. The van der Waals surface area contributed by atoms with E-state index >= 15 is 0 Å². The molecule has 0 spiro atoms. The fourth-order valence-corrected chi connectivity index (χ4v) is 4.25. The fourth-order valence-electron chi connectivity index (χ4n) is 2.29. The molecular formula is C17H15FN2O2S2. The number of halogens is 1. The number of nitrogens with zero attached hydrogens (tertiary/aromatic N) is 1. The van der Waals surface area contributed by atoms with Crippen LogP contribution in [0.25, 0.3) is 11.3 Å². The van der Waals surface area contributed by atoms with Gasteiger partial charge in [0.2, 0.25) is 0 Å². The summed E-state index contributed by atoms with van der Waals surface area (Å²) >= 11 is 1.50. The van der Waals surface area contributed by atoms with Crippen LogP contribution in [0.15, 0.2) is 52.7 Å². The summed E-state index contributed by atoms with van der Waals surface area (Å²) in [4.78, 5) is 4.48. The molecule has 0 aliphatic heterocycles. The molecule has 2 aromatic carbocycles. The smallest absolute Gasteiger partial charge is 0.262 e. The van der Waals surface area contributed by atoms with Crippen molar-refractivity contribution >= 4 is 27.0 Å². The van der Waals surface area contributed by atoms with Crippen molar-refractivity contribution in [3.05, 3.63) is 64.2 Å². The van der Waals surface area contributed by atoms with Gasteiger partial charge in [-0.1, -0.05) is 24.3 Å². The molecule has 0 bridgehead atoms. The number of para-hydroxylation sites is 1. The largest absolute Gasteiger partial charge is 0.277 e. The Morgan fingerprint density at radius 1 is 1.12 bits per heavy atom. The first-order valence-electron chi connectivity index (χ1n) is 7.17. The average molecular weight is 362 g/mol. The topological polar surface area (TPSA) is 59.1 Å². The van der Waals surface area contributed by atoms with Gasteiger partial charge >= 0.3 is 0 Å². The van der Waals surface area contributed by atoms with Crippen LogP contribution < -0.4 is 4.72 Å². The molecule has 0 aliphatic carbocycles. The van der Waals surface area contributed by atoms with Gasteiger partial charge in [0.05, 0.1) is 21.3 Å². The molecule has 0 saturated carbocycles. The molecule has 0 aliphatic rings. The molecule has 0 saturated heterocycles. The Balaban J connectivity index is 2.03. The maximum Gasteiger partial charge on any atom is 0.262 e. The molecule has 7 heteroatoms. The van der Waals surface area contributed by atoms with Gasteiger partial charge in [-0.05, 0) is 37.6 Å². The number of aromatic nitrogens is 1. The van der Waals surface area contributed by atoms with Gasteiger partial charge in [-0.2, -0.15) is 0 Å². The van der Waals surface area contributed by atoms with Crippen molar-refractivity contribution in [2.75, 3.05) is 4.72 Å². The number of thiazole rings is 1. The molecule has 3 aromatic rings. The van der Waals surface area contributed by atoms with E-state index in [1.165, 1.54) is 29.5 Å². The van der Waals surface area contributed by atoms with Crippen LogP contribution in [0.4, 0.5) is 10.1 Å². The highest BCUT2D eigenvalue weighted by Gasteiger charge is 2.19. The van der Waals surface area contributed by atoms with E-state index in [2.05, 4.69) is 9.71 Å². The summed E-state index contributed by atoms with van der Waals surface area (Å²) in [6.45, 7) is 3.59. The number of anilines is 1. The van der Waals surface area contributed by atoms with Crippen LogP contribution in [0.2, 0.25) is 0 Å². The molecule has 1 heterocycles. The normalized spacial score (nSPS) is 11.5. The van der Waals surface area contributed by atoms with Gasteiger partial charge in [0.25, 0.3) is 10.0 Å². The monoisotopic (exact) mass is 362 g/mol. The molecule has 24 heavy (non-hydrogen) atoms. The Hall–Kier alpha value is -2.25. The second-order valence-corrected chi connectivity index (χ2v) is 8.03. The Morgan fingerprint density at radius 3 is 2.54 bits per heavy atom. The number of rotatable bonds is 4. The molecule has 124 valence electrons. The fraction of sp³-hybridized carbons (Fsp3) is 0.118. The summed E-state index contributed by atoms with van der Waals surface area (Å²) in [6.07, 6.45) is 0. The third-order valence-electron chi connectivity index (χ3n) is 3.51. The predicted octanol–water partition coefficient (Wildman–Crippen LogP) is 4.37. The summed E-state index contributed by atoms with van der Waals surface area (Å²) < 4.78 is 41.4. The number of aryl methyl sites for hydroxylation is 2. The number of nitrogens with one attached hydrogen (secondary N) is 1. The molecule has 1 aromatic heterocycles. The van der Waals surface area contributed by atoms with Crippen molar-refractivity contribution in [2.24, 2.45) is 0 Å². The lowest BCUT2D eigenvalue weighted by Gasteiger charge is -2.12. The zero-order chi connectivity index (χ0) is 17.3. The van der Waals surface area contributed by atoms with Crippen molar-refractivity contribution < 1.29 is 12.8 Å². The van der Waals surface area contributed by atoms with Crippen molar-refractivity contribution in [3.63, 3.8) is 0 Å². The quantitative estimate of drug-likeness (QED) is 0.750. The standard InChI is InChI=1S/C17H15FN2O2S2/c1-11-7-8-13(16-10-23-12(2)19-16)9-17(11)24(21,22)20-15-6-4-3-5-14(15)18/h3-10,20H,1-2H3. The van der Waals surface area contributed by atoms with Crippen molar-refractivity contribution in [1.29, 1.82) is 0 Å².